The Kier molecular flexibility index (Phi) is 4.74. The fraction of sp³-hybridized carbons (Fsp3) is 0.462. The first-order valence-electron chi connectivity index (χ1n) is 5.65. The van der Waals surface area contributed by atoms with Gasteiger partial charge in [-0.2, -0.15) is 18.4 Å². The van der Waals surface area contributed by atoms with Gasteiger partial charge in [0.15, 0.2) is 0 Å². The normalized spacial score (nSPS) is 14.9. The maximum atomic E-state index is 12.4. The average Bonchev–Trinajstić information content (AvgIpc) is 2.34. The predicted molar refractivity (Wildman–Crippen MR) is 60.4 cm³/mol. The van der Waals surface area contributed by atoms with E-state index in [0.717, 1.165) is 18.6 Å². The van der Waals surface area contributed by atoms with Crippen LogP contribution in [-0.2, 0) is 6.18 Å². The first-order valence-corrected chi connectivity index (χ1v) is 5.65. The standard InChI is InChI=1S/C13H14F3NO/c1-2-3-10(8-17)12(18)9-4-6-11(7-5-9)13(14,15)16/h4-7,10,12,18H,2-3H2,1H3. The molecular formula is C13H14F3NO. The van der Waals surface area contributed by atoms with Crippen LogP contribution < -0.4 is 0 Å². The topological polar surface area (TPSA) is 44.0 Å². The van der Waals surface area contributed by atoms with Crippen LogP contribution in [0.15, 0.2) is 24.3 Å². The highest BCUT2D eigenvalue weighted by molar-refractivity contribution is 5.27. The Labute approximate surface area is 104 Å². The molecule has 2 atom stereocenters. The van der Waals surface area contributed by atoms with Gasteiger partial charge in [0.25, 0.3) is 0 Å². The van der Waals surface area contributed by atoms with Gasteiger partial charge in [0.2, 0.25) is 0 Å². The number of alkyl halides is 3. The van der Waals surface area contributed by atoms with E-state index in [2.05, 4.69) is 0 Å². The number of hydrogen-bond donors (Lipinski definition) is 1. The zero-order valence-electron chi connectivity index (χ0n) is 9.91. The van der Waals surface area contributed by atoms with E-state index in [9.17, 15) is 18.3 Å². The van der Waals surface area contributed by atoms with Gasteiger partial charge in [-0.05, 0) is 24.1 Å². The summed E-state index contributed by atoms with van der Waals surface area (Å²) >= 11 is 0. The predicted octanol–water partition coefficient (Wildman–Crippen LogP) is 3.68. The lowest BCUT2D eigenvalue weighted by molar-refractivity contribution is -0.137. The molecule has 2 unspecified atom stereocenters. The molecule has 1 aromatic carbocycles. The maximum absolute atomic E-state index is 12.4. The third-order valence-electron chi connectivity index (χ3n) is 2.73. The molecule has 0 aliphatic heterocycles. The van der Waals surface area contributed by atoms with Crippen LogP contribution >= 0.6 is 0 Å². The highest BCUT2D eigenvalue weighted by atomic mass is 19.4. The Bertz CT molecular complexity index is 419. The minimum atomic E-state index is -4.39. The fourth-order valence-corrected chi connectivity index (χ4v) is 1.71. The van der Waals surface area contributed by atoms with Gasteiger partial charge >= 0.3 is 6.18 Å². The van der Waals surface area contributed by atoms with Crippen molar-refractivity contribution in [2.75, 3.05) is 0 Å². The molecule has 98 valence electrons. The van der Waals surface area contributed by atoms with Gasteiger partial charge in [0.1, 0.15) is 0 Å². The highest BCUT2D eigenvalue weighted by Crippen LogP contribution is 2.31. The van der Waals surface area contributed by atoms with Crippen LogP contribution in [-0.4, -0.2) is 5.11 Å². The fourth-order valence-electron chi connectivity index (χ4n) is 1.71. The number of aliphatic hydroxyl groups is 1. The van der Waals surface area contributed by atoms with Crippen molar-refractivity contribution in [2.45, 2.75) is 32.0 Å². The molecule has 0 bridgehead atoms. The number of nitrogens with zero attached hydrogens (tertiary/aromatic N) is 1. The van der Waals surface area contributed by atoms with Crippen molar-refractivity contribution in [3.63, 3.8) is 0 Å². The molecule has 1 rings (SSSR count). The monoisotopic (exact) mass is 257 g/mol. The molecule has 0 radical (unpaired) electrons. The molecule has 0 aliphatic carbocycles. The zero-order valence-corrected chi connectivity index (χ0v) is 9.91. The third-order valence-corrected chi connectivity index (χ3v) is 2.73. The quantitative estimate of drug-likeness (QED) is 0.894. The first kappa shape index (κ1) is 14.5. The molecule has 5 heteroatoms. The molecule has 2 nitrogen and oxygen atoms in total. The second-order valence-corrected chi connectivity index (χ2v) is 4.09. The van der Waals surface area contributed by atoms with Gasteiger partial charge in [-0.3, -0.25) is 0 Å². The summed E-state index contributed by atoms with van der Waals surface area (Å²) in [5.41, 5.74) is -0.426. The van der Waals surface area contributed by atoms with Crippen LogP contribution in [0.3, 0.4) is 0 Å². The minimum Gasteiger partial charge on any atom is -0.387 e. The lowest BCUT2D eigenvalue weighted by Crippen LogP contribution is -2.11. The van der Waals surface area contributed by atoms with Crippen molar-refractivity contribution in [3.05, 3.63) is 35.4 Å². The van der Waals surface area contributed by atoms with Crippen LogP contribution in [0.4, 0.5) is 13.2 Å². The van der Waals surface area contributed by atoms with Gasteiger partial charge in [0, 0.05) is 0 Å². The molecule has 0 aliphatic rings. The van der Waals surface area contributed by atoms with Gasteiger partial charge in [-0.25, -0.2) is 0 Å². The maximum Gasteiger partial charge on any atom is 0.416 e. The van der Waals surface area contributed by atoms with E-state index in [1.165, 1.54) is 12.1 Å². The molecular weight excluding hydrogens is 243 g/mol. The molecule has 0 saturated heterocycles. The van der Waals surface area contributed by atoms with Crippen LogP contribution in [0.5, 0.6) is 0 Å². The van der Waals surface area contributed by atoms with E-state index in [1.54, 1.807) is 0 Å². The van der Waals surface area contributed by atoms with Crippen LogP contribution in [0.1, 0.15) is 37.0 Å². The number of halogens is 3. The lowest BCUT2D eigenvalue weighted by Gasteiger charge is -2.17. The SMILES string of the molecule is CCCC(C#N)C(O)c1ccc(C(F)(F)F)cc1. The van der Waals surface area contributed by atoms with Crippen LogP contribution in [0, 0.1) is 17.2 Å². The van der Waals surface area contributed by atoms with Crippen molar-refractivity contribution in [1.29, 1.82) is 5.26 Å². The van der Waals surface area contributed by atoms with Gasteiger partial charge < -0.3 is 5.11 Å². The van der Waals surface area contributed by atoms with Crippen molar-refractivity contribution in [2.24, 2.45) is 5.92 Å². The summed E-state index contributed by atoms with van der Waals surface area (Å²) < 4.78 is 37.1. The number of nitriles is 1. The minimum absolute atomic E-state index is 0.336. The summed E-state index contributed by atoms with van der Waals surface area (Å²) in [6, 6.07) is 6.24. The zero-order chi connectivity index (χ0) is 13.8. The summed E-state index contributed by atoms with van der Waals surface area (Å²) in [6.07, 6.45) is -4.19. The number of benzene rings is 1. The molecule has 1 N–H and O–H groups in total. The van der Waals surface area contributed by atoms with E-state index in [4.69, 9.17) is 5.26 Å². The van der Waals surface area contributed by atoms with Gasteiger partial charge in [0.05, 0.1) is 23.7 Å². The molecule has 1 aromatic rings. The summed E-state index contributed by atoms with van der Waals surface area (Å²) in [6.45, 7) is 1.88. The Balaban J connectivity index is 2.88. The van der Waals surface area contributed by atoms with Crippen LogP contribution in [0.2, 0.25) is 0 Å². The first-order chi connectivity index (χ1) is 8.40. The Morgan fingerprint density at radius 3 is 2.22 bits per heavy atom. The van der Waals surface area contributed by atoms with E-state index < -0.39 is 23.8 Å². The second kappa shape index (κ2) is 5.87. The van der Waals surface area contributed by atoms with Gasteiger partial charge in [-0.1, -0.05) is 25.5 Å². The Morgan fingerprint density at radius 2 is 1.83 bits per heavy atom. The summed E-state index contributed by atoms with van der Waals surface area (Å²) in [4.78, 5) is 0. The average molecular weight is 257 g/mol. The number of hydrogen-bond acceptors (Lipinski definition) is 2. The summed E-state index contributed by atoms with van der Waals surface area (Å²) in [7, 11) is 0. The van der Waals surface area contributed by atoms with Crippen molar-refractivity contribution < 1.29 is 18.3 Å². The lowest BCUT2D eigenvalue weighted by atomic mass is 9.92. The summed E-state index contributed by atoms with van der Waals surface area (Å²) in [5, 5.41) is 18.8. The van der Waals surface area contributed by atoms with E-state index in [-0.39, 0.29) is 0 Å². The molecule has 0 spiro atoms. The van der Waals surface area contributed by atoms with Crippen molar-refractivity contribution in [1.82, 2.24) is 0 Å². The number of rotatable bonds is 4. The smallest absolute Gasteiger partial charge is 0.387 e. The number of aliphatic hydroxyl groups excluding tert-OH is 1. The molecule has 0 fully saturated rings. The van der Waals surface area contributed by atoms with Crippen molar-refractivity contribution >= 4 is 0 Å². The van der Waals surface area contributed by atoms with E-state index in [1.807, 2.05) is 13.0 Å². The van der Waals surface area contributed by atoms with E-state index in [0.29, 0.717) is 12.0 Å². The molecule has 18 heavy (non-hydrogen) atoms. The molecule has 0 heterocycles. The van der Waals surface area contributed by atoms with Crippen LogP contribution in [0.25, 0.3) is 0 Å². The summed E-state index contributed by atoms with van der Waals surface area (Å²) in [5.74, 6) is -0.591. The highest BCUT2D eigenvalue weighted by Gasteiger charge is 2.30. The van der Waals surface area contributed by atoms with E-state index >= 15 is 0 Å². The molecule has 0 saturated carbocycles. The Morgan fingerprint density at radius 1 is 1.28 bits per heavy atom. The Hall–Kier alpha value is -1.54. The third kappa shape index (κ3) is 3.47. The van der Waals surface area contributed by atoms with Gasteiger partial charge in [-0.15, -0.1) is 0 Å². The molecule has 0 aromatic heterocycles. The largest absolute Gasteiger partial charge is 0.416 e. The molecule has 0 amide bonds. The van der Waals surface area contributed by atoms with Crippen molar-refractivity contribution in [3.8, 4) is 6.07 Å². The second-order valence-electron chi connectivity index (χ2n) is 4.09.